The highest BCUT2D eigenvalue weighted by Crippen LogP contribution is 2.28. The van der Waals surface area contributed by atoms with Gasteiger partial charge in [-0.25, -0.2) is 0 Å². The molecular formula is C15H28O3. The van der Waals surface area contributed by atoms with E-state index >= 15 is 0 Å². The lowest BCUT2D eigenvalue weighted by atomic mass is 9.85. The van der Waals surface area contributed by atoms with Gasteiger partial charge in [0.05, 0.1) is 6.10 Å². The molecule has 18 heavy (non-hydrogen) atoms. The molecule has 1 unspecified atom stereocenters. The van der Waals surface area contributed by atoms with Crippen LogP contribution < -0.4 is 0 Å². The molecule has 0 radical (unpaired) electrons. The van der Waals surface area contributed by atoms with Gasteiger partial charge in [-0.1, -0.05) is 32.1 Å². The number of carbonyl (C=O) groups is 1. The molecule has 3 nitrogen and oxygen atoms in total. The molecule has 106 valence electrons. The second kappa shape index (κ2) is 7.13. The summed E-state index contributed by atoms with van der Waals surface area (Å²) in [6.45, 7) is 5.59. The van der Waals surface area contributed by atoms with E-state index in [0.717, 1.165) is 6.42 Å². The van der Waals surface area contributed by atoms with E-state index in [1.54, 1.807) is 0 Å². The van der Waals surface area contributed by atoms with Crippen LogP contribution in [0.5, 0.6) is 0 Å². The zero-order valence-corrected chi connectivity index (χ0v) is 12.1. The van der Waals surface area contributed by atoms with E-state index in [2.05, 4.69) is 0 Å². The Morgan fingerprint density at radius 2 is 1.89 bits per heavy atom. The van der Waals surface area contributed by atoms with E-state index in [9.17, 15) is 9.90 Å². The predicted octanol–water partition coefficient (Wildman–Crippen LogP) is 3.44. The Morgan fingerprint density at radius 3 is 2.44 bits per heavy atom. The highest BCUT2D eigenvalue weighted by atomic mass is 16.6. The van der Waals surface area contributed by atoms with Crippen LogP contribution in [0.15, 0.2) is 0 Å². The van der Waals surface area contributed by atoms with Gasteiger partial charge in [-0.2, -0.15) is 0 Å². The molecule has 0 aromatic heterocycles. The topological polar surface area (TPSA) is 46.5 Å². The molecule has 0 amide bonds. The predicted molar refractivity (Wildman–Crippen MR) is 72.3 cm³/mol. The summed E-state index contributed by atoms with van der Waals surface area (Å²) in [5.74, 6) is 0.456. The van der Waals surface area contributed by atoms with Crippen molar-refractivity contribution in [2.24, 2.45) is 5.92 Å². The molecular weight excluding hydrogens is 228 g/mol. The summed E-state index contributed by atoms with van der Waals surface area (Å²) in [6, 6.07) is 0. The van der Waals surface area contributed by atoms with Gasteiger partial charge >= 0.3 is 5.97 Å². The van der Waals surface area contributed by atoms with Gasteiger partial charge in [0.2, 0.25) is 0 Å². The minimum atomic E-state index is -0.425. The summed E-state index contributed by atoms with van der Waals surface area (Å²) in [7, 11) is 0. The zero-order valence-electron chi connectivity index (χ0n) is 12.1. The van der Waals surface area contributed by atoms with Crippen molar-refractivity contribution in [2.45, 2.75) is 83.8 Å². The molecule has 3 heteroatoms. The number of hydrogen-bond acceptors (Lipinski definition) is 3. The second-order valence-corrected chi connectivity index (χ2v) is 6.52. The Kier molecular flexibility index (Phi) is 6.13. The first-order valence-electron chi connectivity index (χ1n) is 7.27. The largest absolute Gasteiger partial charge is 0.460 e. The second-order valence-electron chi connectivity index (χ2n) is 6.52. The van der Waals surface area contributed by atoms with Crippen LogP contribution in [-0.2, 0) is 9.53 Å². The number of carbonyl (C=O) groups excluding carboxylic acids is 1. The third kappa shape index (κ3) is 7.00. The third-order valence-electron chi connectivity index (χ3n) is 3.43. The van der Waals surface area contributed by atoms with Crippen LogP contribution in [-0.4, -0.2) is 22.8 Å². The molecule has 0 aromatic rings. The van der Waals surface area contributed by atoms with E-state index in [1.807, 2.05) is 20.8 Å². The lowest BCUT2D eigenvalue weighted by Gasteiger charge is -2.24. The standard InChI is InChI=1S/C15H28O3/c1-15(2,3)18-14(17)10-9-13(16)11-12-7-5-4-6-8-12/h12-13,16H,4-11H2,1-3H3. The fourth-order valence-corrected chi connectivity index (χ4v) is 2.60. The molecule has 0 aromatic carbocycles. The van der Waals surface area contributed by atoms with E-state index in [4.69, 9.17) is 4.74 Å². The van der Waals surface area contributed by atoms with Crippen LogP contribution >= 0.6 is 0 Å². The molecule has 1 aliphatic carbocycles. The molecule has 1 saturated carbocycles. The molecule has 0 aliphatic heterocycles. The van der Waals surface area contributed by atoms with E-state index in [0.29, 0.717) is 18.8 Å². The van der Waals surface area contributed by atoms with Crippen LogP contribution in [0.3, 0.4) is 0 Å². The quantitative estimate of drug-likeness (QED) is 0.766. The van der Waals surface area contributed by atoms with Crippen molar-refractivity contribution < 1.29 is 14.6 Å². The smallest absolute Gasteiger partial charge is 0.306 e. The molecule has 1 aliphatic rings. The maximum Gasteiger partial charge on any atom is 0.306 e. The number of aliphatic hydroxyl groups excluding tert-OH is 1. The van der Waals surface area contributed by atoms with Crippen LogP contribution in [0.2, 0.25) is 0 Å². The first kappa shape index (κ1) is 15.5. The fraction of sp³-hybridized carbons (Fsp3) is 0.933. The number of rotatable bonds is 5. The van der Waals surface area contributed by atoms with Crippen molar-refractivity contribution >= 4 is 5.97 Å². The highest BCUT2D eigenvalue weighted by molar-refractivity contribution is 5.69. The van der Waals surface area contributed by atoms with Gasteiger partial charge in [0, 0.05) is 6.42 Å². The third-order valence-corrected chi connectivity index (χ3v) is 3.43. The lowest BCUT2D eigenvalue weighted by Crippen LogP contribution is -2.25. The lowest BCUT2D eigenvalue weighted by molar-refractivity contribution is -0.155. The Hall–Kier alpha value is -0.570. The Morgan fingerprint density at radius 1 is 1.28 bits per heavy atom. The first-order chi connectivity index (χ1) is 8.37. The molecule has 0 heterocycles. The summed E-state index contributed by atoms with van der Waals surface area (Å²) in [5, 5.41) is 9.94. The minimum absolute atomic E-state index is 0.204. The van der Waals surface area contributed by atoms with E-state index in [1.165, 1.54) is 32.1 Å². The SMILES string of the molecule is CC(C)(C)OC(=O)CCC(O)CC1CCCCC1. The van der Waals surface area contributed by atoms with E-state index in [-0.39, 0.29) is 12.1 Å². The number of aliphatic hydroxyl groups is 1. The molecule has 1 atom stereocenters. The first-order valence-corrected chi connectivity index (χ1v) is 7.27. The Bertz CT molecular complexity index is 249. The zero-order chi connectivity index (χ0) is 13.6. The highest BCUT2D eigenvalue weighted by Gasteiger charge is 2.20. The van der Waals surface area contributed by atoms with Crippen molar-refractivity contribution in [3.63, 3.8) is 0 Å². The Balaban J connectivity index is 2.16. The van der Waals surface area contributed by atoms with Gasteiger partial charge < -0.3 is 9.84 Å². The van der Waals surface area contributed by atoms with Gasteiger partial charge in [-0.15, -0.1) is 0 Å². The average molecular weight is 256 g/mol. The van der Waals surface area contributed by atoms with E-state index < -0.39 is 5.60 Å². The van der Waals surface area contributed by atoms with Crippen molar-refractivity contribution in [2.75, 3.05) is 0 Å². The summed E-state index contributed by atoms with van der Waals surface area (Å²) in [4.78, 5) is 11.5. The van der Waals surface area contributed by atoms with Gasteiger partial charge in [0.1, 0.15) is 5.60 Å². The van der Waals surface area contributed by atoms with Gasteiger partial charge in [0.25, 0.3) is 0 Å². The maximum atomic E-state index is 11.5. The van der Waals surface area contributed by atoms with Crippen molar-refractivity contribution in [1.82, 2.24) is 0 Å². The van der Waals surface area contributed by atoms with Crippen LogP contribution in [0, 0.1) is 5.92 Å². The van der Waals surface area contributed by atoms with Gasteiger partial charge in [-0.3, -0.25) is 4.79 Å². The van der Waals surface area contributed by atoms with Gasteiger partial charge in [-0.05, 0) is 39.5 Å². The number of hydrogen-bond donors (Lipinski definition) is 1. The summed E-state index contributed by atoms with van der Waals surface area (Å²) in [6.07, 6.45) is 7.77. The molecule has 0 spiro atoms. The Labute approximate surface area is 111 Å². The normalized spacial score (nSPS) is 19.6. The molecule has 0 saturated heterocycles. The average Bonchev–Trinajstić information content (AvgIpc) is 2.25. The van der Waals surface area contributed by atoms with Gasteiger partial charge in [0.15, 0.2) is 0 Å². The van der Waals surface area contributed by atoms with Crippen LogP contribution in [0.4, 0.5) is 0 Å². The molecule has 1 rings (SSSR count). The molecule has 0 bridgehead atoms. The van der Waals surface area contributed by atoms with Crippen molar-refractivity contribution in [3.05, 3.63) is 0 Å². The van der Waals surface area contributed by atoms with Crippen LogP contribution in [0.25, 0.3) is 0 Å². The van der Waals surface area contributed by atoms with Crippen molar-refractivity contribution in [3.8, 4) is 0 Å². The molecule has 1 N–H and O–H groups in total. The van der Waals surface area contributed by atoms with Crippen molar-refractivity contribution in [1.29, 1.82) is 0 Å². The summed E-state index contributed by atoms with van der Waals surface area (Å²) in [5.41, 5.74) is -0.425. The number of ether oxygens (including phenoxy) is 1. The summed E-state index contributed by atoms with van der Waals surface area (Å²) < 4.78 is 5.23. The maximum absolute atomic E-state index is 11.5. The van der Waals surface area contributed by atoms with Crippen LogP contribution in [0.1, 0.15) is 72.1 Å². The minimum Gasteiger partial charge on any atom is -0.460 e. The monoisotopic (exact) mass is 256 g/mol. The molecule has 1 fully saturated rings. The summed E-state index contributed by atoms with van der Waals surface area (Å²) >= 11 is 0. The number of esters is 1. The fourth-order valence-electron chi connectivity index (χ4n) is 2.60.